The van der Waals surface area contributed by atoms with E-state index in [2.05, 4.69) is 5.32 Å². The number of halogens is 1. The van der Waals surface area contributed by atoms with Gasteiger partial charge in [-0.1, -0.05) is 48.0 Å². The molecule has 0 fully saturated rings. The average molecular weight is 386 g/mol. The fraction of sp³-hybridized carbons (Fsp3) is 0.200. The number of para-hydroxylation sites is 1. The van der Waals surface area contributed by atoms with Crippen molar-refractivity contribution in [3.63, 3.8) is 0 Å². The highest BCUT2D eigenvalue weighted by Gasteiger charge is 2.18. The van der Waals surface area contributed by atoms with E-state index in [1.54, 1.807) is 16.4 Å². The van der Waals surface area contributed by atoms with E-state index in [9.17, 15) is 9.59 Å². The first kappa shape index (κ1) is 18.9. The number of hydrogen-bond donors (Lipinski definition) is 2. The van der Waals surface area contributed by atoms with E-state index in [1.807, 2.05) is 66.8 Å². The lowest BCUT2D eigenvalue weighted by Gasteiger charge is -2.07. The van der Waals surface area contributed by atoms with Gasteiger partial charge in [0.25, 0.3) is 11.5 Å². The van der Waals surface area contributed by atoms with E-state index in [4.69, 9.17) is 11.6 Å². The maximum Gasteiger partial charge on any atom is 0.295 e. The second-order valence-electron chi connectivity index (χ2n) is 6.27. The largest absolute Gasteiger partial charge is 0.335 e. The number of hydrogen-bond acceptors (Lipinski definition) is 2. The Bertz CT molecular complexity index is 1010. The number of anilines is 1. The van der Waals surface area contributed by atoms with E-state index < -0.39 is 0 Å². The summed E-state index contributed by atoms with van der Waals surface area (Å²) < 4.78 is 3.28. The smallest absolute Gasteiger partial charge is 0.295 e. The molecule has 3 aromatic rings. The maximum absolute atomic E-state index is 12.8. The van der Waals surface area contributed by atoms with Gasteiger partial charge in [-0.15, -0.1) is 0 Å². The first-order valence-electron chi connectivity index (χ1n) is 8.68. The van der Waals surface area contributed by atoms with Crippen molar-refractivity contribution in [2.24, 2.45) is 7.05 Å². The van der Waals surface area contributed by atoms with E-state index in [0.717, 1.165) is 11.3 Å². The molecule has 0 saturated heterocycles. The Morgan fingerprint density at radius 1 is 1.11 bits per heavy atom. The molecule has 7 heteroatoms. The van der Waals surface area contributed by atoms with Crippen molar-refractivity contribution in [3.05, 3.63) is 81.2 Å². The Morgan fingerprint density at radius 2 is 1.78 bits per heavy atom. The zero-order valence-corrected chi connectivity index (χ0v) is 16.0. The maximum atomic E-state index is 12.8. The molecule has 6 nitrogen and oxygen atoms in total. The summed E-state index contributed by atoms with van der Waals surface area (Å²) in [6.45, 7) is 2.60. The number of nitrogens with two attached hydrogens (primary N) is 1. The third-order valence-corrected chi connectivity index (χ3v) is 4.84. The lowest BCUT2D eigenvalue weighted by molar-refractivity contribution is -0.659. The number of quaternary nitrogens is 1. The van der Waals surface area contributed by atoms with Crippen molar-refractivity contribution >= 4 is 23.2 Å². The molecule has 0 bridgehead atoms. The van der Waals surface area contributed by atoms with Gasteiger partial charge < -0.3 is 10.6 Å². The number of nitrogens with zero attached hydrogens (tertiary/aromatic N) is 2. The van der Waals surface area contributed by atoms with Crippen LogP contribution in [0.5, 0.6) is 0 Å². The fourth-order valence-corrected chi connectivity index (χ4v) is 3.14. The van der Waals surface area contributed by atoms with Crippen LogP contribution in [-0.2, 0) is 18.4 Å². The minimum atomic E-state index is -0.249. The first-order valence-corrected chi connectivity index (χ1v) is 9.05. The first-order chi connectivity index (χ1) is 13.0. The van der Waals surface area contributed by atoms with Crippen molar-refractivity contribution in [2.75, 3.05) is 11.9 Å². The molecule has 140 valence electrons. The third-order valence-electron chi connectivity index (χ3n) is 4.47. The van der Waals surface area contributed by atoms with E-state index in [1.165, 1.54) is 0 Å². The summed E-state index contributed by atoms with van der Waals surface area (Å²) in [6.07, 6.45) is 0. The van der Waals surface area contributed by atoms with Gasteiger partial charge in [0.15, 0.2) is 6.54 Å². The van der Waals surface area contributed by atoms with Crippen molar-refractivity contribution in [2.45, 2.75) is 13.5 Å². The van der Waals surface area contributed by atoms with Crippen LogP contribution in [-0.4, -0.2) is 21.8 Å². The van der Waals surface area contributed by atoms with Crippen molar-refractivity contribution in [3.8, 4) is 5.69 Å². The third kappa shape index (κ3) is 4.13. The summed E-state index contributed by atoms with van der Waals surface area (Å²) in [5, 5.41) is 5.28. The van der Waals surface area contributed by atoms with Gasteiger partial charge in [0, 0.05) is 17.6 Å². The van der Waals surface area contributed by atoms with Gasteiger partial charge in [-0.3, -0.25) is 14.3 Å². The molecule has 27 heavy (non-hydrogen) atoms. The number of benzene rings is 2. The van der Waals surface area contributed by atoms with Crippen LogP contribution in [0.1, 0.15) is 11.3 Å². The SMILES string of the molecule is Cc1c(NC(=O)C[NH2+]Cc2ccccc2Cl)c(=O)n(-c2ccccc2)n1C. The average Bonchev–Trinajstić information content (AvgIpc) is 2.87. The molecule has 0 unspecified atom stereocenters. The summed E-state index contributed by atoms with van der Waals surface area (Å²) >= 11 is 6.12. The zero-order chi connectivity index (χ0) is 19.4. The highest BCUT2D eigenvalue weighted by molar-refractivity contribution is 6.31. The number of carbonyl (C=O) groups excluding carboxylic acids is 1. The summed E-state index contributed by atoms with van der Waals surface area (Å²) in [4.78, 5) is 25.1. The Balaban J connectivity index is 1.70. The van der Waals surface area contributed by atoms with Gasteiger partial charge in [0.05, 0.1) is 11.4 Å². The second kappa shape index (κ2) is 8.24. The van der Waals surface area contributed by atoms with E-state index in [-0.39, 0.29) is 18.0 Å². The molecule has 0 aliphatic carbocycles. The van der Waals surface area contributed by atoms with Crippen LogP contribution in [0.15, 0.2) is 59.4 Å². The standard InChI is InChI=1S/C20H21ClN4O2/c1-14-19(20(27)25(24(14)2)16-9-4-3-5-10-16)23-18(26)13-22-12-15-8-6-7-11-17(15)21/h3-11,22H,12-13H2,1-2H3,(H,23,26)/p+1. The molecular weight excluding hydrogens is 364 g/mol. The van der Waals surface area contributed by atoms with Crippen LogP contribution < -0.4 is 16.2 Å². The van der Waals surface area contributed by atoms with Gasteiger partial charge in [0.1, 0.15) is 12.2 Å². The molecule has 0 saturated carbocycles. The van der Waals surface area contributed by atoms with Crippen LogP contribution in [0, 0.1) is 6.92 Å². The number of carbonyl (C=O) groups is 1. The van der Waals surface area contributed by atoms with Crippen molar-refractivity contribution in [1.82, 2.24) is 9.36 Å². The van der Waals surface area contributed by atoms with Crippen LogP contribution in [0.25, 0.3) is 5.69 Å². The molecular formula is C20H22ClN4O2+. The molecule has 3 N–H and O–H groups in total. The van der Waals surface area contributed by atoms with E-state index >= 15 is 0 Å². The lowest BCUT2D eigenvalue weighted by Crippen LogP contribution is -2.84. The summed E-state index contributed by atoms with van der Waals surface area (Å²) in [5.41, 5.74) is 2.47. The molecule has 0 aliphatic rings. The quantitative estimate of drug-likeness (QED) is 0.679. The Hall–Kier alpha value is -2.83. The molecule has 0 aliphatic heterocycles. The predicted octanol–water partition coefficient (Wildman–Crippen LogP) is 1.84. The van der Waals surface area contributed by atoms with Crippen molar-refractivity contribution < 1.29 is 10.1 Å². The molecule has 0 atom stereocenters. The molecule has 1 heterocycles. The Morgan fingerprint density at radius 3 is 2.48 bits per heavy atom. The monoisotopic (exact) mass is 385 g/mol. The molecule has 2 aromatic carbocycles. The summed E-state index contributed by atoms with van der Waals surface area (Å²) in [5.74, 6) is -0.229. The predicted molar refractivity (Wildman–Crippen MR) is 106 cm³/mol. The van der Waals surface area contributed by atoms with Crippen LogP contribution in [0.2, 0.25) is 5.02 Å². The zero-order valence-electron chi connectivity index (χ0n) is 15.3. The highest BCUT2D eigenvalue weighted by atomic mass is 35.5. The summed E-state index contributed by atoms with van der Waals surface area (Å²) in [6, 6.07) is 16.9. The van der Waals surface area contributed by atoms with Gasteiger partial charge in [-0.25, -0.2) is 4.68 Å². The summed E-state index contributed by atoms with van der Waals surface area (Å²) in [7, 11) is 1.79. The van der Waals surface area contributed by atoms with Crippen LogP contribution in [0.3, 0.4) is 0 Å². The van der Waals surface area contributed by atoms with Crippen LogP contribution in [0.4, 0.5) is 5.69 Å². The van der Waals surface area contributed by atoms with Gasteiger partial charge in [0.2, 0.25) is 0 Å². The Kier molecular flexibility index (Phi) is 5.78. The second-order valence-corrected chi connectivity index (χ2v) is 6.68. The number of nitrogens with one attached hydrogen (secondary N) is 1. The Labute approximate surface area is 162 Å². The highest BCUT2D eigenvalue weighted by Crippen LogP contribution is 2.14. The number of rotatable bonds is 6. The lowest BCUT2D eigenvalue weighted by atomic mass is 10.2. The molecule has 1 aromatic heterocycles. The minimum absolute atomic E-state index is 0.199. The normalized spacial score (nSPS) is 10.8. The topological polar surface area (TPSA) is 72.6 Å². The fourth-order valence-electron chi connectivity index (χ4n) is 2.93. The number of aromatic nitrogens is 2. The van der Waals surface area contributed by atoms with Gasteiger partial charge >= 0.3 is 0 Å². The minimum Gasteiger partial charge on any atom is -0.335 e. The molecule has 3 rings (SSSR count). The van der Waals surface area contributed by atoms with Crippen LogP contribution >= 0.6 is 11.6 Å². The van der Waals surface area contributed by atoms with Crippen molar-refractivity contribution in [1.29, 1.82) is 0 Å². The number of amides is 1. The molecule has 1 amide bonds. The molecule has 0 spiro atoms. The van der Waals surface area contributed by atoms with Gasteiger partial charge in [-0.05, 0) is 25.1 Å². The van der Waals surface area contributed by atoms with Gasteiger partial charge in [-0.2, -0.15) is 0 Å². The molecule has 0 radical (unpaired) electrons. The van der Waals surface area contributed by atoms with E-state index in [0.29, 0.717) is 22.9 Å².